The summed E-state index contributed by atoms with van der Waals surface area (Å²) in [6, 6.07) is -0.678. The van der Waals surface area contributed by atoms with E-state index in [9.17, 15) is 13.2 Å². The quantitative estimate of drug-likeness (QED) is 0.580. The van der Waals surface area contributed by atoms with Crippen molar-refractivity contribution < 1.29 is 13.2 Å². The summed E-state index contributed by atoms with van der Waals surface area (Å²) in [7, 11) is 1.63. The number of nitrogens with zero attached hydrogens (tertiary/aromatic N) is 3. The predicted octanol–water partition coefficient (Wildman–Crippen LogP) is 1.03. The van der Waals surface area contributed by atoms with Crippen molar-refractivity contribution in [1.29, 1.82) is 0 Å². The highest BCUT2D eigenvalue weighted by Gasteiger charge is 2.35. The molecule has 2 rings (SSSR count). The Morgan fingerprint density at radius 3 is 2.53 bits per heavy atom. The summed E-state index contributed by atoms with van der Waals surface area (Å²) < 4.78 is 38.9. The zero-order valence-corrected chi connectivity index (χ0v) is 10.6. The number of nitrogens with one attached hydrogen (secondary N) is 1. The molecule has 2 aromatic rings. The summed E-state index contributed by atoms with van der Waals surface area (Å²) >= 11 is 0.514. The second-order valence-corrected chi connectivity index (χ2v) is 4.84. The Balaban J connectivity index is 2.38. The van der Waals surface area contributed by atoms with Crippen molar-refractivity contribution >= 4 is 17.2 Å². The first-order chi connectivity index (χ1) is 8.84. The van der Waals surface area contributed by atoms with E-state index in [1.54, 1.807) is 7.05 Å². The van der Waals surface area contributed by atoms with Gasteiger partial charge in [0.15, 0.2) is 5.01 Å². The van der Waals surface area contributed by atoms with Gasteiger partial charge in [0.25, 0.3) is 0 Å². The predicted molar refractivity (Wildman–Crippen MR) is 63.9 cm³/mol. The fraction of sp³-hybridized carbons (Fsp3) is 0.333. The molecule has 0 aliphatic carbocycles. The Bertz CT molecular complexity index is 575. The zero-order valence-electron chi connectivity index (χ0n) is 9.77. The fourth-order valence-corrected chi connectivity index (χ4v) is 2.43. The smallest absolute Gasteiger partial charge is 0.384 e. The number of rotatable bonds is 3. The van der Waals surface area contributed by atoms with Crippen LogP contribution in [-0.4, -0.2) is 14.8 Å². The molecule has 0 amide bonds. The van der Waals surface area contributed by atoms with Gasteiger partial charge >= 0.3 is 6.18 Å². The van der Waals surface area contributed by atoms with Crippen LogP contribution in [0.15, 0.2) is 12.4 Å². The average Bonchev–Trinajstić information content (AvgIpc) is 2.92. The SMILES string of the molecule is Cn1ncc(C(NN)c2cnc(C(F)(F)F)s2)c1N. The van der Waals surface area contributed by atoms with Crippen molar-refractivity contribution in [2.45, 2.75) is 12.2 Å². The first kappa shape index (κ1) is 13.8. The second kappa shape index (κ2) is 4.79. The lowest BCUT2D eigenvalue weighted by Crippen LogP contribution is -2.28. The molecule has 5 N–H and O–H groups in total. The second-order valence-electron chi connectivity index (χ2n) is 3.77. The summed E-state index contributed by atoms with van der Waals surface area (Å²) in [5.74, 6) is 5.71. The third-order valence-electron chi connectivity index (χ3n) is 2.54. The van der Waals surface area contributed by atoms with Crippen LogP contribution in [0.25, 0.3) is 0 Å². The van der Waals surface area contributed by atoms with Gasteiger partial charge in [-0.25, -0.2) is 10.4 Å². The minimum atomic E-state index is -4.47. The Labute approximate surface area is 110 Å². The Morgan fingerprint density at radius 1 is 1.42 bits per heavy atom. The Morgan fingerprint density at radius 2 is 2.11 bits per heavy atom. The third kappa shape index (κ3) is 2.55. The van der Waals surface area contributed by atoms with E-state index in [1.807, 2.05) is 0 Å². The maximum Gasteiger partial charge on any atom is 0.443 e. The van der Waals surface area contributed by atoms with E-state index in [0.29, 0.717) is 27.6 Å². The van der Waals surface area contributed by atoms with Crippen LogP contribution in [0.4, 0.5) is 19.0 Å². The molecule has 1 atom stereocenters. The maximum absolute atomic E-state index is 12.5. The van der Waals surface area contributed by atoms with Crippen molar-refractivity contribution in [3.63, 3.8) is 0 Å². The van der Waals surface area contributed by atoms with Crippen LogP contribution in [0.3, 0.4) is 0 Å². The highest BCUT2D eigenvalue weighted by molar-refractivity contribution is 7.11. The molecule has 2 aromatic heterocycles. The first-order valence-corrected chi connectivity index (χ1v) is 5.92. The van der Waals surface area contributed by atoms with Gasteiger partial charge in [-0.1, -0.05) is 0 Å². The number of alkyl halides is 3. The molecule has 0 saturated carbocycles. The van der Waals surface area contributed by atoms with Gasteiger partial charge in [0.05, 0.1) is 12.2 Å². The van der Waals surface area contributed by atoms with Crippen LogP contribution in [0.1, 0.15) is 21.5 Å². The van der Waals surface area contributed by atoms with Crippen LogP contribution in [0.2, 0.25) is 0 Å². The van der Waals surface area contributed by atoms with Gasteiger partial charge in [0.2, 0.25) is 0 Å². The Hall–Kier alpha value is -1.65. The zero-order chi connectivity index (χ0) is 14.2. The summed E-state index contributed by atoms with van der Waals surface area (Å²) in [6.45, 7) is 0. The van der Waals surface area contributed by atoms with Gasteiger partial charge in [-0.05, 0) is 0 Å². The number of thiazole rings is 1. The van der Waals surface area contributed by atoms with Gasteiger partial charge in [-0.15, -0.1) is 11.3 Å². The summed E-state index contributed by atoms with van der Waals surface area (Å²) in [5.41, 5.74) is 8.70. The number of aromatic nitrogens is 3. The molecule has 19 heavy (non-hydrogen) atoms. The lowest BCUT2D eigenvalue weighted by atomic mass is 10.1. The number of hydrogen-bond donors (Lipinski definition) is 3. The lowest BCUT2D eigenvalue weighted by molar-refractivity contribution is -0.137. The van der Waals surface area contributed by atoms with Crippen LogP contribution in [-0.2, 0) is 13.2 Å². The van der Waals surface area contributed by atoms with Gasteiger partial charge in [0, 0.05) is 23.7 Å². The number of nitrogens with two attached hydrogens (primary N) is 2. The molecule has 0 saturated heterocycles. The molecule has 0 radical (unpaired) electrons. The molecule has 0 aromatic carbocycles. The monoisotopic (exact) mass is 292 g/mol. The molecule has 0 aliphatic heterocycles. The van der Waals surface area contributed by atoms with E-state index < -0.39 is 17.2 Å². The topological polar surface area (TPSA) is 94.8 Å². The first-order valence-electron chi connectivity index (χ1n) is 5.11. The van der Waals surface area contributed by atoms with Crippen LogP contribution < -0.4 is 17.0 Å². The van der Waals surface area contributed by atoms with Crippen molar-refractivity contribution in [2.24, 2.45) is 12.9 Å². The van der Waals surface area contributed by atoms with Gasteiger partial charge in [0.1, 0.15) is 5.82 Å². The molecule has 0 bridgehead atoms. The third-order valence-corrected chi connectivity index (χ3v) is 3.65. The van der Waals surface area contributed by atoms with Crippen LogP contribution in [0.5, 0.6) is 0 Å². The molecule has 0 aliphatic rings. The lowest BCUT2D eigenvalue weighted by Gasteiger charge is -2.12. The summed E-state index contributed by atoms with van der Waals surface area (Å²) in [6.07, 6.45) is -1.89. The maximum atomic E-state index is 12.5. The molecule has 6 nitrogen and oxygen atoms in total. The number of hydrogen-bond acceptors (Lipinski definition) is 6. The van der Waals surface area contributed by atoms with Crippen molar-refractivity contribution in [2.75, 3.05) is 5.73 Å². The molecular formula is C9H11F3N6S. The molecule has 10 heteroatoms. The highest BCUT2D eigenvalue weighted by atomic mass is 32.1. The van der Waals surface area contributed by atoms with Crippen molar-refractivity contribution in [3.8, 4) is 0 Å². The van der Waals surface area contributed by atoms with Crippen molar-refractivity contribution in [3.05, 3.63) is 27.8 Å². The van der Waals surface area contributed by atoms with E-state index in [4.69, 9.17) is 11.6 Å². The van der Waals surface area contributed by atoms with E-state index in [-0.39, 0.29) is 0 Å². The fourth-order valence-electron chi connectivity index (χ4n) is 1.56. The van der Waals surface area contributed by atoms with Crippen LogP contribution >= 0.6 is 11.3 Å². The molecule has 104 valence electrons. The average molecular weight is 292 g/mol. The van der Waals surface area contributed by atoms with Crippen LogP contribution in [0, 0.1) is 0 Å². The van der Waals surface area contributed by atoms with Crippen molar-refractivity contribution in [1.82, 2.24) is 20.2 Å². The summed E-state index contributed by atoms with van der Waals surface area (Å²) in [5, 5.41) is 3.00. The van der Waals surface area contributed by atoms with Gasteiger partial charge in [-0.3, -0.25) is 10.5 Å². The molecular weight excluding hydrogens is 281 g/mol. The van der Waals surface area contributed by atoms with Gasteiger partial charge < -0.3 is 5.73 Å². The van der Waals surface area contributed by atoms with E-state index >= 15 is 0 Å². The number of halogens is 3. The number of hydrazine groups is 1. The molecule has 1 unspecified atom stereocenters. The molecule has 0 spiro atoms. The molecule has 2 heterocycles. The van der Waals surface area contributed by atoms with Gasteiger partial charge in [-0.2, -0.15) is 18.3 Å². The number of nitrogen functional groups attached to an aromatic ring is 1. The number of anilines is 1. The highest BCUT2D eigenvalue weighted by Crippen LogP contribution is 2.36. The largest absolute Gasteiger partial charge is 0.443 e. The van der Waals surface area contributed by atoms with E-state index in [1.165, 1.54) is 10.9 Å². The minimum Gasteiger partial charge on any atom is -0.384 e. The standard InChI is InChI=1S/C9H11F3N6S/c1-18-7(13)4(2-16-18)6(17-14)5-3-15-8(19-5)9(10,11)12/h2-3,6,17H,13-14H2,1H3. The summed E-state index contributed by atoms with van der Waals surface area (Å²) in [4.78, 5) is 3.66. The van der Waals surface area contributed by atoms with E-state index in [2.05, 4.69) is 15.5 Å². The van der Waals surface area contributed by atoms with E-state index in [0.717, 1.165) is 6.20 Å². The normalized spacial score (nSPS) is 13.7. The Kier molecular flexibility index (Phi) is 3.47. The minimum absolute atomic E-state index is 0.314. The molecule has 0 fully saturated rings. The number of aryl methyl sites for hydroxylation is 1.